The number of hydrogen-bond donors (Lipinski definition) is 1. The van der Waals surface area contributed by atoms with E-state index in [-0.39, 0.29) is 43.4 Å². The number of alkyl halides is 2. The number of methoxy groups -OCH3 is 1. The van der Waals surface area contributed by atoms with Gasteiger partial charge >= 0.3 is 0 Å². The highest BCUT2D eigenvalue weighted by Crippen LogP contribution is 2.37. The van der Waals surface area contributed by atoms with E-state index in [2.05, 4.69) is 0 Å². The molecule has 1 aromatic heterocycles. The molecule has 2 amide bonds. The zero-order chi connectivity index (χ0) is 23.0. The van der Waals surface area contributed by atoms with Crippen molar-refractivity contribution in [3.05, 3.63) is 30.0 Å². The van der Waals surface area contributed by atoms with Gasteiger partial charge in [-0.15, -0.1) is 0 Å². The summed E-state index contributed by atoms with van der Waals surface area (Å²) in [6, 6.07) is 6.78. The van der Waals surface area contributed by atoms with Gasteiger partial charge in [0.25, 0.3) is 5.91 Å². The topological polar surface area (TPSA) is 80.8 Å². The van der Waals surface area contributed by atoms with E-state index >= 15 is 0 Å². The maximum atomic E-state index is 13.4. The fraction of sp³-hybridized carbons (Fsp3) is 0.565. The molecule has 1 unspecified atom stereocenters. The van der Waals surface area contributed by atoms with Crippen molar-refractivity contribution in [1.29, 1.82) is 0 Å². The molecule has 1 saturated heterocycles. The zero-order valence-electron chi connectivity index (χ0n) is 18.5. The third-order valence-corrected chi connectivity index (χ3v) is 6.91. The normalized spacial score (nSPS) is 20.4. The number of piperazine rings is 1. The van der Waals surface area contributed by atoms with Crippen LogP contribution in [0.25, 0.3) is 10.9 Å². The van der Waals surface area contributed by atoms with Crippen LogP contribution in [0.5, 0.6) is 5.75 Å². The Kier molecular flexibility index (Phi) is 6.11. The maximum absolute atomic E-state index is 13.4. The average Bonchev–Trinajstić information content (AvgIpc) is 3.13. The number of carbonyl (C=O) groups is 2. The van der Waals surface area contributed by atoms with Gasteiger partial charge in [-0.2, -0.15) is 0 Å². The molecule has 0 bridgehead atoms. The fourth-order valence-electron chi connectivity index (χ4n) is 4.77. The van der Waals surface area contributed by atoms with Gasteiger partial charge in [0.2, 0.25) is 11.8 Å². The summed E-state index contributed by atoms with van der Waals surface area (Å²) < 4.78 is 33.9. The van der Waals surface area contributed by atoms with Crippen LogP contribution in [0.4, 0.5) is 8.78 Å². The molecule has 2 fully saturated rings. The maximum Gasteiger partial charge on any atom is 0.270 e. The number of amides is 2. The molecule has 2 aromatic rings. The second kappa shape index (κ2) is 8.69. The van der Waals surface area contributed by atoms with Gasteiger partial charge in [0.05, 0.1) is 18.7 Å². The van der Waals surface area contributed by atoms with Gasteiger partial charge in [0.15, 0.2) is 0 Å². The van der Waals surface area contributed by atoms with Crippen LogP contribution in [0.15, 0.2) is 24.3 Å². The van der Waals surface area contributed by atoms with E-state index in [9.17, 15) is 18.4 Å². The Morgan fingerprint density at radius 3 is 2.34 bits per heavy atom. The molecular formula is C23H30F2N4O3. The number of halogens is 2. The third-order valence-electron chi connectivity index (χ3n) is 6.91. The van der Waals surface area contributed by atoms with Crippen molar-refractivity contribution in [3.8, 4) is 5.75 Å². The molecule has 4 rings (SSSR count). The van der Waals surface area contributed by atoms with Crippen LogP contribution in [-0.2, 0) is 11.8 Å². The second-order valence-electron chi connectivity index (χ2n) is 8.85. The number of benzene rings is 1. The van der Waals surface area contributed by atoms with E-state index in [1.165, 1.54) is 0 Å². The molecule has 1 aliphatic carbocycles. The predicted octanol–water partition coefficient (Wildman–Crippen LogP) is 2.62. The van der Waals surface area contributed by atoms with Gasteiger partial charge in [-0.05, 0) is 37.0 Å². The molecule has 174 valence electrons. The Bertz CT molecular complexity index is 1000. The number of fused-ring (bicyclic) bond motifs is 1. The first-order valence-electron chi connectivity index (χ1n) is 11.0. The Hall–Kier alpha value is -2.68. The lowest BCUT2D eigenvalue weighted by Crippen LogP contribution is -2.56. The van der Waals surface area contributed by atoms with Crippen LogP contribution >= 0.6 is 0 Å². The first kappa shape index (κ1) is 22.5. The van der Waals surface area contributed by atoms with Crippen LogP contribution in [0.2, 0.25) is 0 Å². The molecule has 0 radical (unpaired) electrons. The minimum absolute atomic E-state index is 0.0893. The van der Waals surface area contributed by atoms with Crippen molar-refractivity contribution in [1.82, 2.24) is 14.4 Å². The lowest BCUT2D eigenvalue weighted by molar-refractivity contribution is -0.136. The van der Waals surface area contributed by atoms with E-state index < -0.39 is 12.0 Å². The highest BCUT2D eigenvalue weighted by atomic mass is 19.3. The van der Waals surface area contributed by atoms with Crippen molar-refractivity contribution < 1.29 is 23.1 Å². The highest BCUT2D eigenvalue weighted by Gasteiger charge is 2.40. The van der Waals surface area contributed by atoms with E-state index in [0.717, 1.165) is 16.7 Å². The number of rotatable bonds is 4. The van der Waals surface area contributed by atoms with Crippen molar-refractivity contribution in [2.75, 3.05) is 33.3 Å². The fourth-order valence-corrected chi connectivity index (χ4v) is 4.77. The zero-order valence-corrected chi connectivity index (χ0v) is 18.5. The molecule has 2 heterocycles. The van der Waals surface area contributed by atoms with E-state index in [1.54, 1.807) is 16.9 Å². The van der Waals surface area contributed by atoms with Gasteiger partial charge in [-0.1, -0.05) is 0 Å². The number of aryl methyl sites for hydroxylation is 1. The second-order valence-corrected chi connectivity index (χ2v) is 8.85. The summed E-state index contributed by atoms with van der Waals surface area (Å²) in [6.07, 6.45) is 0.115. The van der Waals surface area contributed by atoms with E-state index in [1.807, 2.05) is 35.9 Å². The summed E-state index contributed by atoms with van der Waals surface area (Å²) in [5, 5.41) is 0.953. The molecule has 2 aliphatic rings. The summed E-state index contributed by atoms with van der Waals surface area (Å²) >= 11 is 0. The molecule has 1 saturated carbocycles. The van der Waals surface area contributed by atoms with Crippen molar-refractivity contribution in [3.63, 3.8) is 0 Å². The number of ether oxygens (including phenoxy) is 1. The molecule has 1 aromatic carbocycles. The van der Waals surface area contributed by atoms with Crippen LogP contribution in [0, 0.1) is 5.92 Å². The Balaban J connectivity index is 1.37. The lowest BCUT2D eigenvalue weighted by Gasteiger charge is -2.38. The summed E-state index contributed by atoms with van der Waals surface area (Å²) in [6.45, 7) is 1.59. The van der Waals surface area contributed by atoms with E-state index in [0.29, 0.717) is 31.9 Å². The first-order chi connectivity index (χ1) is 15.2. The standard InChI is InChI=1S/C23H30F2N4O3/c1-27-18-14-17(32-2)4-3-16(18)13-19(27)21(30)28-9-11-29(12-10-28)22(31)20(26)15-5-7-23(24,25)8-6-15/h3-4,13-15,20H,5-12,26H2,1-2H3. The third kappa shape index (κ3) is 4.30. The van der Waals surface area contributed by atoms with Gasteiger partial charge in [-0.3, -0.25) is 9.59 Å². The average molecular weight is 449 g/mol. The highest BCUT2D eigenvalue weighted by molar-refractivity contribution is 5.99. The molecule has 32 heavy (non-hydrogen) atoms. The predicted molar refractivity (Wildman–Crippen MR) is 117 cm³/mol. The SMILES string of the molecule is COc1ccc2cc(C(=O)N3CCN(C(=O)C(N)C4CCC(F)(F)CC4)CC3)n(C)c2c1. The smallest absolute Gasteiger partial charge is 0.270 e. The van der Waals surface area contributed by atoms with Crippen LogP contribution in [0.3, 0.4) is 0 Å². The number of hydrogen-bond acceptors (Lipinski definition) is 4. The van der Waals surface area contributed by atoms with Crippen LogP contribution in [-0.4, -0.2) is 71.4 Å². The number of aromatic nitrogens is 1. The van der Waals surface area contributed by atoms with Gasteiger partial charge in [0.1, 0.15) is 11.4 Å². The quantitative estimate of drug-likeness (QED) is 0.780. The molecule has 2 N–H and O–H groups in total. The number of nitrogens with two attached hydrogens (primary N) is 1. The van der Waals surface area contributed by atoms with Crippen molar-refractivity contribution >= 4 is 22.7 Å². The largest absolute Gasteiger partial charge is 0.497 e. The lowest BCUT2D eigenvalue weighted by atomic mass is 9.82. The Morgan fingerprint density at radius 1 is 1.09 bits per heavy atom. The van der Waals surface area contributed by atoms with Gasteiger partial charge in [0, 0.05) is 57.5 Å². The monoisotopic (exact) mass is 448 g/mol. The summed E-state index contributed by atoms with van der Waals surface area (Å²) in [4.78, 5) is 29.4. The number of nitrogens with zero attached hydrogens (tertiary/aromatic N) is 3. The van der Waals surface area contributed by atoms with E-state index in [4.69, 9.17) is 10.5 Å². The Labute approximate surface area is 186 Å². The summed E-state index contributed by atoms with van der Waals surface area (Å²) in [5.74, 6) is -2.42. The van der Waals surface area contributed by atoms with Crippen molar-refractivity contribution in [2.24, 2.45) is 18.7 Å². The number of carbonyl (C=O) groups excluding carboxylic acids is 2. The van der Waals surface area contributed by atoms with Crippen LogP contribution < -0.4 is 10.5 Å². The summed E-state index contributed by atoms with van der Waals surface area (Å²) in [5.41, 5.74) is 7.64. The molecule has 1 atom stereocenters. The Morgan fingerprint density at radius 2 is 1.72 bits per heavy atom. The first-order valence-corrected chi connectivity index (χ1v) is 11.0. The minimum atomic E-state index is -2.64. The van der Waals surface area contributed by atoms with Gasteiger partial charge in [-0.25, -0.2) is 8.78 Å². The molecule has 1 aliphatic heterocycles. The van der Waals surface area contributed by atoms with Crippen molar-refractivity contribution in [2.45, 2.75) is 37.6 Å². The summed E-state index contributed by atoms with van der Waals surface area (Å²) in [7, 11) is 3.45. The molecular weight excluding hydrogens is 418 g/mol. The van der Waals surface area contributed by atoms with Crippen LogP contribution in [0.1, 0.15) is 36.2 Å². The molecule has 7 nitrogen and oxygen atoms in total. The minimum Gasteiger partial charge on any atom is -0.497 e. The van der Waals surface area contributed by atoms with Gasteiger partial charge < -0.3 is 24.8 Å². The molecule has 9 heteroatoms. The molecule has 0 spiro atoms.